The van der Waals surface area contributed by atoms with Crippen molar-refractivity contribution in [3.8, 4) is 0 Å². The summed E-state index contributed by atoms with van der Waals surface area (Å²) >= 11 is 8.48. The summed E-state index contributed by atoms with van der Waals surface area (Å²) in [7, 11) is 0. The third kappa shape index (κ3) is 3.42. The first-order valence-electron chi connectivity index (χ1n) is 5.40. The van der Waals surface area contributed by atoms with Crippen molar-refractivity contribution in [1.29, 1.82) is 0 Å². The average Bonchev–Trinajstić information content (AvgIpc) is 2.34. The molecule has 0 fully saturated rings. The Hall–Kier alpha value is -0.680. The van der Waals surface area contributed by atoms with Gasteiger partial charge in [0.2, 0.25) is 0 Å². The fraction of sp³-hybridized carbons (Fsp3) is 0.143. The van der Waals surface area contributed by atoms with Gasteiger partial charge in [0.15, 0.2) is 11.6 Å². The molecule has 94 valence electrons. The van der Waals surface area contributed by atoms with E-state index in [1.54, 1.807) is 6.07 Å². The van der Waals surface area contributed by atoms with Gasteiger partial charge in [0, 0.05) is 3.57 Å². The maximum absolute atomic E-state index is 13.1. The van der Waals surface area contributed by atoms with Crippen LogP contribution in [-0.4, -0.2) is 0 Å². The molecule has 0 amide bonds. The molecule has 0 saturated heterocycles. The maximum Gasteiger partial charge on any atom is 0.159 e. The van der Waals surface area contributed by atoms with E-state index < -0.39 is 11.6 Å². The van der Waals surface area contributed by atoms with Gasteiger partial charge in [0.25, 0.3) is 0 Å². The molecule has 0 aliphatic carbocycles. The van der Waals surface area contributed by atoms with Gasteiger partial charge in [-0.1, -0.05) is 18.2 Å². The fourth-order valence-corrected chi connectivity index (χ4v) is 2.35. The van der Waals surface area contributed by atoms with Crippen LogP contribution < -0.4 is 0 Å². The molecule has 1 unspecified atom stereocenters. The average molecular weight is 379 g/mol. The van der Waals surface area contributed by atoms with Crippen molar-refractivity contribution in [2.75, 3.05) is 0 Å². The van der Waals surface area contributed by atoms with Crippen LogP contribution in [0.3, 0.4) is 0 Å². The molecule has 0 aromatic heterocycles. The predicted molar refractivity (Wildman–Crippen MR) is 77.8 cm³/mol. The number of alkyl halides is 1. The van der Waals surface area contributed by atoms with Crippen LogP contribution in [0.15, 0.2) is 42.5 Å². The summed E-state index contributed by atoms with van der Waals surface area (Å²) in [6, 6.07) is 11.7. The molecule has 18 heavy (non-hydrogen) atoms. The van der Waals surface area contributed by atoms with Gasteiger partial charge in [-0.15, -0.1) is 11.6 Å². The van der Waals surface area contributed by atoms with E-state index in [1.165, 1.54) is 6.07 Å². The zero-order chi connectivity index (χ0) is 13.1. The van der Waals surface area contributed by atoms with Crippen LogP contribution in [0, 0.1) is 15.2 Å². The quantitative estimate of drug-likeness (QED) is 0.515. The van der Waals surface area contributed by atoms with E-state index in [2.05, 4.69) is 22.6 Å². The van der Waals surface area contributed by atoms with Gasteiger partial charge in [-0.25, -0.2) is 8.78 Å². The normalized spacial score (nSPS) is 12.4. The molecule has 1 atom stereocenters. The molecular weight excluding hydrogens is 369 g/mol. The van der Waals surface area contributed by atoms with Crippen molar-refractivity contribution in [3.63, 3.8) is 0 Å². The van der Waals surface area contributed by atoms with Gasteiger partial charge in [0.05, 0.1) is 5.38 Å². The number of benzene rings is 2. The largest absolute Gasteiger partial charge is 0.204 e. The monoisotopic (exact) mass is 378 g/mol. The summed E-state index contributed by atoms with van der Waals surface area (Å²) in [6.07, 6.45) is 0.472. The lowest BCUT2D eigenvalue weighted by molar-refractivity contribution is 0.507. The Morgan fingerprint density at radius 3 is 2.28 bits per heavy atom. The first-order valence-corrected chi connectivity index (χ1v) is 6.91. The molecule has 0 aliphatic rings. The minimum Gasteiger partial charge on any atom is -0.204 e. The van der Waals surface area contributed by atoms with Crippen molar-refractivity contribution in [1.82, 2.24) is 0 Å². The highest BCUT2D eigenvalue weighted by Crippen LogP contribution is 2.26. The van der Waals surface area contributed by atoms with E-state index in [0.717, 1.165) is 15.2 Å². The summed E-state index contributed by atoms with van der Waals surface area (Å²) in [5.41, 5.74) is 1.66. The van der Waals surface area contributed by atoms with Crippen LogP contribution in [0.5, 0.6) is 0 Å². The Morgan fingerprint density at radius 1 is 1.00 bits per heavy atom. The summed E-state index contributed by atoms with van der Waals surface area (Å²) in [5, 5.41) is -0.244. The second kappa shape index (κ2) is 5.97. The zero-order valence-corrected chi connectivity index (χ0v) is 12.3. The molecule has 2 aromatic rings. The Bertz CT molecular complexity index is 540. The van der Waals surface area contributed by atoms with Gasteiger partial charge >= 0.3 is 0 Å². The summed E-state index contributed by atoms with van der Waals surface area (Å²) in [5.74, 6) is -1.67. The van der Waals surface area contributed by atoms with E-state index in [-0.39, 0.29) is 5.38 Å². The van der Waals surface area contributed by atoms with Crippen molar-refractivity contribution in [2.45, 2.75) is 11.8 Å². The number of hydrogen-bond acceptors (Lipinski definition) is 0. The molecule has 0 radical (unpaired) electrons. The van der Waals surface area contributed by atoms with Gasteiger partial charge < -0.3 is 0 Å². The van der Waals surface area contributed by atoms with Crippen molar-refractivity contribution >= 4 is 34.2 Å². The van der Waals surface area contributed by atoms with E-state index >= 15 is 0 Å². The van der Waals surface area contributed by atoms with Crippen LogP contribution in [0.4, 0.5) is 8.78 Å². The molecule has 0 nitrogen and oxygen atoms in total. The van der Waals surface area contributed by atoms with E-state index in [0.29, 0.717) is 12.0 Å². The van der Waals surface area contributed by atoms with Crippen LogP contribution in [0.1, 0.15) is 16.5 Å². The lowest BCUT2D eigenvalue weighted by Gasteiger charge is -2.10. The Kier molecular flexibility index (Phi) is 4.56. The van der Waals surface area contributed by atoms with Gasteiger partial charge in [-0.05, 0) is 64.4 Å². The van der Waals surface area contributed by atoms with Crippen molar-refractivity contribution in [3.05, 3.63) is 68.8 Å². The van der Waals surface area contributed by atoms with Crippen molar-refractivity contribution in [2.24, 2.45) is 0 Å². The van der Waals surface area contributed by atoms with Gasteiger partial charge in [0.1, 0.15) is 0 Å². The van der Waals surface area contributed by atoms with Crippen LogP contribution in [0.25, 0.3) is 0 Å². The first-order chi connectivity index (χ1) is 8.56. The van der Waals surface area contributed by atoms with E-state index in [1.807, 2.05) is 24.3 Å². The third-order valence-electron chi connectivity index (χ3n) is 2.63. The number of rotatable bonds is 3. The number of halogens is 4. The highest BCUT2D eigenvalue weighted by atomic mass is 127. The highest BCUT2D eigenvalue weighted by molar-refractivity contribution is 14.1. The smallest absolute Gasteiger partial charge is 0.159 e. The molecular formula is C14H10ClF2I. The second-order valence-electron chi connectivity index (χ2n) is 3.97. The second-order valence-corrected chi connectivity index (χ2v) is 5.74. The molecule has 2 rings (SSSR count). The van der Waals surface area contributed by atoms with Crippen LogP contribution >= 0.6 is 34.2 Å². The molecule has 0 N–H and O–H groups in total. The van der Waals surface area contributed by atoms with Gasteiger partial charge in [-0.3, -0.25) is 0 Å². The Morgan fingerprint density at radius 2 is 1.67 bits per heavy atom. The number of hydrogen-bond donors (Lipinski definition) is 0. The molecule has 4 heteroatoms. The summed E-state index contributed by atoms with van der Waals surface area (Å²) in [6.45, 7) is 0. The lowest BCUT2D eigenvalue weighted by Crippen LogP contribution is -1.97. The molecule has 2 aromatic carbocycles. The standard InChI is InChI=1S/C14H10ClF2I/c15-12(10-2-4-11(18)5-3-10)7-9-1-6-13(16)14(17)8-9/h1-6,8,12H,7H2. The maximum atomic E-state index is 13.1. The first kappa shape index (κ1) is 13.7. The zero-order valence-electron chi connectivity index (χ0n) is 9.34. The summed E-state index contributed by atoms with van der Waals surface area (Å²) < 4.78 is 27.0. The molecule has 0 bridgehead atoms. The lowest BCUT2D eigenvalue weighted by atomic mass is 10.0. The molecule has 0 saturated carbocycles. The molecule has 0 spiro atoms. The minimum atomic E-state index is -0.834. The highest BCUT2D eigenvalue weighted by Gasteiger charge is 2.10. The Labute approximate surface area is 123 Å². The fourth-order valence-electron chi connectivity index (χ4n) is 1.66. The van der Waals surface area contributed by atoms with E-state index in [4.69, 9.17) is 11.6 Å². The molecule has 0 heterocycles. The SMILES string of the molecule is Fc1ccc(CC(Cl)c2ccc(I)cc2)cc1F. The van der Waals surface area contributed by atoms with Gasteiger partial charge in [-0.2, -0.15) is 0 Å². The molecule has 0 aliphatic heterocycles. The topological polar surface area (TPSA) is 0 Å². The predicted octanol–water partition coefficient (Wildman–Crippen LogP) is 5.09. The third-order valence-corrected chi connectivity index (χ3v) is 3.76. The minimum absolute atomic E-state index is 0.244. The van der Waals surface area contributed by atoms with Crippen molar-refractivity contribution < 1.29 is 8.78 Å². The summed E-state index contributed by atoms with van der Waals surface area (Å²) in [4.78, 5) is 0. The van der Waals surface area contributed by atoms with Crippen LogP contribution in [0.2, 0.25) is 0 Å². The van der Waals surface area contributed by atoms with E-state index in [9.17, 15) is 8.78 Å². The van der Waals surface area contributed by atoms with Crippen LogP contribution in [-0.2, 0) is 6.42 Å². The Balaban J connectivity index is 2.13.